The molecule has 0 aromatic carbocycles. The Kier molecular flexibility index (Phi) is 3.51. The van der Waals surface area contributed by atoms with Gasteiger partial charge in [0, 0.05) is 12.6 Å². The van der Waals surface area contributed by atoms with E-state index < -0.39 is 5.97 Å². The fraction of sp³-hybridized carbons (Fsp3) is 0.867. The number of hydrogen-bond donors (Lipinski definition) is 3. The summed E-state index contributed by atoms with van der Waals surface area (Å²) in [5, 5.41) is 14.8. The van der Waals surface area contributed by atoms with E-state index in [2.05, 4.69) is 38.3 Å². The summed E-state index contributed by atoms with van der Waals surface area (Å²) in [5.41, 5.74) is -0.00309. The summed E-state index contributed by atoms with van der Waals surface area (Å²) >= 11 is 0. The van der Waals surface area contributed by atoms with Gasteiger partial charge in [-0.2, -0.15) is 0 Å². The maximum absolute atomic E-state index is 12.0. The van der Waals surface area contributed by atoms with Crippen molar-refractivity contribution in [1.82, 2.24) is 10.6 Å². The van der Waals surface area contributed by atoms with Gasteiger partial charge in [0.25, 0.3) is 0 Å². The molecule has 0 saturated heterocycles. The Morgan fingerprint density at radius 2 is 1.70 bits per heavy atom. The van der Waals surface area contributed by atoms with E-state index in [0.29, 0.717) is 6.54 Å². The molecule has 5 heteroatoms. The van der Waals surface area contributed by atoms with Gasteiger partial charge in [0.1, 0.15) is 0 Å². The number of carboxylic acid groups (broad SMARTS) is 1. The highest BCUT2D eigenvalue weighted by Gasteiger charge is 2.65. The predicted molar refractivity (Wildman–Crippen MR) is 76.4 cm³/mol. The maximum atomic E-state index is 12.0. The second-order valence-electron chi connectivity index (χ2n) is 7.63. The SMILES string of the molecule is CC1(C)C(NC(=O)NCC2(CC(=O)O)CCC2)C1(C)C. The Labute approximate surface area is 120 Å². The molecule has 2 aliphatic carbocycles. The minimum absolute atomic E-state index is 0.111. The molecule has 2 rings (SSSR count). The number of carbonyl (C=O) groups is 2. The molecule has 0 unspecified atom stereocenters. The van der Waals surface area contributed by atoms with Crippen LogP contribution < -0.4 is 10.6 Å². The van der Waals surface area contributed by atoms with E-state index in [4.69, 9.17) is 5.11 Å². The molecule has 5 nitrogen and oxygen atoms in total. The van der Waals surface area contributed by atoms with Crippen molar-refractivity contribution < 1.29 is 14.7 Å². The van der Waals surface area contributed by atoms with Crippen LogP contribution in [0.1, 0.15) is 53.4 Å². The van der Waals surface area contributed by atoms with Gasteiger partial charge in [-0.05, 0) is 29.1 Å². The number of aliphatic carboxylic acids is 1. The van der Waals surface area contributed by atoms with Crippen molar-refractivity contribution in [3.8, 4) is 0 Å². The van der Waals surface area contributed by atoms with Crippen LogP contribution in [0.2, 0.25) is 0 Å². The van der Waals surface area contributed by atoms with Crippen molar-refractivity contribution in [3.63, 3.8) is 0 Å². The van der Waals surface area contributed by atoms with E-state index in [1.165, 1.54) is 0 Å². The van der Waals surface area contributed by atoms with Crippen molar-refractivity contribution in [2.24, 2.45) is 16.2 Å². The number of urea groups is 1. The smallest absolute Gasteiger partial charge is 0.315 e. The summed E-state index contributed by atoms with van der Waals surface area (Å²) in [6.45, 7) is 9.05. The van der Waals surface area contributed by atoms with Crippen molar-refractivity contribution in [1.29, 1.82) is 0 Å². The first-order valence-corrected chi connectivity index (χ1v) is 7.37. The quantitative estimate of drug-likeness (QED) is 0.724. The first kappa shape index (κ1) is 15.1. The van der Waals surface area contributed by atoms with Crippen molar-refractivity contribution in [2.45, 2.75) is 59.4 Å². The lowest BCUT2D eigenvalue weighted by Crippen LogP contribution is -2.47. The zero-order valence-corrected chi connectivity index (χ0v) is 12.9. The Hall–Kier alpha value is -1.26. The average molecular weight is 282 g/mol. The third kappa shape index (κ3) is 2.50. The van der Waals surface area contributed by atoms with Crippen LogP contribution in [0.15, 0.2) is 0 Å². The maximum Gasteiger partial charge on any atom is 0.315 e. The molecule has 0 spiro atoms. The van der Waals surface area contributed by atoms with Gasteiger partial charge in [0.05, 0.1) is 6.42 Å². The minimum atomic E-state index is -0.781. The average Bonchev–Trinajstić information content (AvgIpc) is 2.64. The molecule has 2 aliphatic rings. The van der Waals surface area contributed by atoms with Crippen LogP contribution in [0.3, 0.4) is 0 Å². The number of nitrogens with one attached hydrogen (secondary N) is 2. The van der Waals surface area contributed by atoms with Crippen LogP contribution in [0.25, 0.3) is 0 Å². The highest BCUT2D eigenvalue weighted by molar-refractivity contribution is 5.75. The van der Waals surface area contributed by atoms with Gasteiger partial charge >= 0.3 is 12.0 Å². The van der Waals surface area contributed by atoms with Gasteiger partial charge in [0.15, 0.2) is 0 Å². The van der Waals surface area contributed by atoms with E-state index in [-0.39, 0.29) is 34.7 Å². The first-order chi connectivity index (χ1) is 9.11. The van der Waals surface area contributed by atoms with E-state index in [1.54, 1.807) is 0 Å². The molecule has 0 aliphatic heterocycles. The molecule has 20 heavy (non-hydrogen) atoms. The molecular weight excluding hydrogens is 256 g/mol. The Morgan fingerprint density at radius 3 is 2.05 bits per heavy atom. The van der Waals surface area contributed by atoms with Crippen molar-refractivity contribution >= 4 is 12.0 Å². The van der Waals surface area contributed by atoms with Crippen LogP contribution in [-0.2, 0) is 4.79 Å². The van der Waals surface area contributed by atoms with Gasteiger partial charge < -0.3 is 15.7 Å². The largest absolute Gasteiger partial charge is 0.481 e. The van der Waals surface area contributed by atoms with E-state index >= 15 is 0 Å². The number of rotatable bonds is 5. The fourth-order valence-electron chi connectivity index (χ4n) is 3.42. The molecule has 0 heterocycles. The summed E-state index contributed by atoms with van der Waals surface area (Å²) in [6.07, 6.45) is 2.98. The van der Waals surface area contributed by atoms with E-state index in [1.807, 2.05) is 0 Å². The molecule has 0 aromatic rings. The van der Waals surface area contributed by atoms with Gasteiger partial charge in [-0.25, -0.2) is 4.79 Å². The molecular formula is C15H26N2O3. The molecule has 0 bridgehead atoms. The summed E-state index contributed by atoms with van der Waals surface area (Å²) in [4.78, 5) is 22.9. The second-order valence-corrected chi connectivity index (χ2v) is 7.63. The molecule has 2 saturated carbocycles. The van der Waals surface area contributed by atoms with Crippen LogP contribution in [-0.4, -0.2) is 29.7 Å². The van der Waals surface area contributed by atoms with Crippen LogP contribution in [0.5, 0.6) is 0 Å². The molecule has 3 N–H and O–H groups in total. The number of amides is 2. The number of hydrogen-bond acceptors (Lipinski definition) is 2. The highest BCUT2D eigenvalue weighted by atomic mass is 16.4. The zero-order valence-electron chi connectivity index (χ0n) is 12.9. The highest BCUT2D eigenvalue weighted by Crippen LogP contribution is 2.62. The van der Waals surface area contributed by atoms with E-state index in [9.17, 15) is 9.59 Å². The normalized spacial score (nSPS) is 25.4. The lowest BCUT2D eigenvalue weighted by molar-refractivity contribution is -0.141. The molecule has 0 atom stereocenters. The van der Waals surface area contributed by atoms with Crippen LogP contribution in [0.4, 0.5) is 4.79 Å². The molecule has 2 amide bonds. The van der Waals surface area contributed by atoms with Crippen molar-refractivity contribution in [3.05, 3.63) is 0 Å². The summed E-state index contributed by atoms with van der Waals surface area (Å²) < 4.78 is 0. The van der Waals surface area contributed by atoms with Gasteiger partial charge in [-0.1, -0.05) is 34.1 Å². The summed E-state index contributed by atoms with van der Waals surface area (Å²) in [7, 11) is 0. The topological polar surface area (TPSA) is 78.4 Å². The summed E-state index contributed by atoms with van der Waals surface area (Å²) in [5.74, 6) is -0.781. The third-order valence-corrected chi connectivity index (χ3v) is 5.86. The molecule has 0 aromatic heterocycles. The molecule has 0 radical (unpaired) electrons. The zero-order chi connectivity index (χ0) is 15.2. The molecule has 114 valence electrons. The minimum Gasteiger partial charge on any atom is -0.481 e. The Balaban J connectivity index is 1.80. The Morgan fingerprint density at radius 1 is 1.15 bits per heavy atom. The van der Waals surface area contributed by atoms with Crippen molar-refractivity contribution in [2.75, 3.05) is 6.54 Å². The number of carbonyl (C=O) groups excluding carboxylic acids is 1. The lowest BCUT2D eigenvalue weighted by atomic mass is 9.66. The Bertz CT molecular complexity index is 411. The third-order valence-electron chi connectivity index (χ3n) is 5.86. The first-order valence-electron chi connectivity index (χ1n) is 7.37. The monoisotopic (exact) mass is 282 g/mol. The fourth-order valence-corrected chi connectivity index (χ4v) is 3.42. The van der Waals surface area contributed by atoms with Gasteiger partial charge in [0.2, 0.25) is 0 Å². The van der Waals surface area contributed by atoms with Crippen LogP contribution in [0, 0.1) is 16.2 Å². The lowest BCUT2D eigenvalue weighted by Gasteiger charge is -2.40. The van der Waals surface area contributed by atoms with E-state index in [0.717, 1.165) is 19.3 Å². The number of carboxylic acids is 1. The predicted octanol–water partition coefficient (Wildman–Crippen LogP) is 2.37. The van der Waals surface area contributed by atoms with Crippen LogP contribution >= 0.6 is 0 Å². The van der Waals surface area contributed by atoms with Gasteiger partial charge in [-0.15, -0.1) is 0 Å². The van der Waals surface area contributed by atoms with Gasteiger partial charge in [-0.3, -0.25) is 4.79 Å². The standard InChI is InChI=1S/C15H26N2O3/c1-13(2)11(14(13,3)4)17-12(20)16-9-15(6-5-7-15)8-10(18)19/h11H,5-9H2,1-4H3,(H,18,19)(H2,16,17,20). The second kappa shape index (κ2) is 4.64. The summed E-state index contributed by atoms with van der Waals surface area (Å²) in [6, 6.07) is -0.00266. The molecule has 2 fully saturated rings.